The molecule has 0 amide bonds. The van der Waals surface area contributed by atoms with Crippen LogP contribution in [0.3, 0.4) is 0 Å². The molecule has 0 spiro atoms. The van der Waals surface area contributed by atoms with E-state index in [-0.39, 0.29) is 0 Å². The second kappa shape index (κ2) is 5.93. The first-order valence-corrected chi connectivity index (χ1v) is 6.57. The van der Waals surface area contributed by atoms with Gasteiger partial charge in [-0.3, -0.25) is 0 Å². The van der Waals surface area contributed by atoms with Crippen LogP contribution in [0, 0.1) is 11.3 Å². The van der Waals surface area contributed by atoms with Crippen molar-refractivity contribution in [1.82, 2.24) is 4.98 Å². The van der Waals surface area contributed by atoms with Crippen LogP contribution in [0.25, 0.3) is 11.3 Å². The molecule has 0 saturated carbocycles. The second-order valence-corrected chi connectivity index (χ2v) is 4.57. The van der Waals surface area contributed by atoms with E-state index in [0.717, 1.165) is 22.6 Å². The Kier molecular flexibility index (Phi) is 3.66. The van der Waals surface area contributed by atoms with Crippen LogP contribution in [-0.4, -0.2) is 4.98 Å². The Morgan fingerprint density at radius 3 is 2.62 bits per heavy atom. The molecule has 3 aromatic rings. The maximum Gasteiger partial charge on any atom is 0.181 e. The Hall–Kier alpha value is -3.06. The molecule has 0 atom stereocenters. The van der Waals surface area contributed by atoms with Crippen molar-refractivity contribution in [3.8, 4) is 17.4 Å². The van der Waals surface area contributed by atoms with Gasteiger partial charge in [0, 0.05) is 17.8 Å². The molecule has 0 aliphatic carbocycles. The fraction of sp³-hybridized carbons (Fsp3) is 0.0588. The minimum absolute atomic E-state index is 0.616. The molecule has 0 radical (unpaired) electrons. The number of benzene rings is 2. The molecule has 0 aliphatic heterocycles. The zero-order valence-electron chi connectivity index (χ0n) is 11.3. The molecular formula is C17H13N3O. The standard InChI is InChI=1S/C17H13N3O/c18-9-14-3-1-2-4-15(14)10-20-16-7-5-13(6-8-16)17-11-19-12-21-17/h1-8,11-12,20H,10H2. The summed E-state index contributed by atoms with van der Waals surface area (Å²) in [6.07, 6.45) is 3.10. The lowest BCUT2D eigenvalue weighted by Gasteiger charge is -2.08. The molecule has 1 N–H and O–H groups in total. The highest BCUT2D eigenvalue weighted by atomic mass is 16.3. The summed E-state index contributed by atoms with van der Waals surface area (Å²) in [5, 5.41) is 12.4. The van der Waals surface area contributed by atoms with Gasteiger partial charge in [0.05, 0.1) is 17.8 Å². The molecule has 0 bridgehead atoms. The van der Waals surface area contributed by atoms with Crippen LogP contribution in [0.4, 0.5) is 5.69 Å². The smallest absolute Gasteiger partial charge is 0.181 e. The van der Waals surface area contributed by atoms with Crippen molar-refractivity contribution in [3.63, 3.8) is 0 Å². The molecule has 102 valence electrons. The van der Waals surface area contributed by atoms with E-state index >= 15 is 0 Å². The van der Waals surface area contributed by atoms with Crippen LogP contribution in [0.5, 0.6) is 0 Å². The molecule has 4 heteroatoms. The zero-order chi connectivity index (χ0) is 14.5. The summed E-state index contributed by atoms with van der Waals surface area (Å²) in [6, 6.07) is 17.7. The van der Waals surface area contributed by atoms with E-state index in [2.05, 4.69) is 16.4 Å². The number of anilines is 1. The maximum atomic E-state index is 9.06. The minimum atomic E-state index is 0.616. The maximum absolute atomic E-state index is 9.06. The third-order valence-corrected chi connectivity index (χ3v) is 3.22. The number of nitriles is 1. The summed E-state index contributed by atoms with van der Waals surface area (Å²) < 4.78 is 5.25. The van der Waals surface area contributed by atoms with Gasteiger partial charge < -0.3 is 9.73 Å². The summed E-state index contributed by atoms with van der Waals surface area (Å²) in [5.41, 5.74) is 3.66. The SMILES string of the molecule is N#Cc1ccccc1CNc1ccc(-c2cnco2)cc1. The van der Waals surface area contributed by atoms with Gasteiger partial charge in [-0.05, 0) is 35.9 Å². The van der Waals surface area contributed by atoms with Crippen LogP contribution in [0.1, 0.15) is 11.1 Å². The lowest BCUT2D eigenvalue weighted by atomic mass is 10.1. The molecule has 0 fully saturated rings. The summed E-state index contributed by atoms with van der Waals surface area (Å²) in [6.45, 7) is 0.616. The molecule has 2 aromatic carbocycles. The molecule has 3 rings (SSSR count). The van der Waals surface area contributed by atoms with Crippen LogP contribution in [0.15, 0.2) is 65.5 Å². The number of nitrogens with zero attached hydrogens (tertiary/aromatic N) is 2. The topological polar surface area (TPSA) is 61.9 Å². The number of nitrogens with one attached hydrogen (secondary N) is 1. The van der Waals surface area contributed by atoms with Crippen molar-refractivity contribution in [2.75, 3.05) is 5.32 Å². The number of rotatable bonds is 4. The van der Waals surface area contributed by atoms with Gasteiger partial charge in [0.15, 0.2) is 12.2 Å². The van der Waals surface area contributed by atoms with Crippen molar-refractivity contribution >= 4 is 5.69 Å². The Labute approximate surface area is 122 Å². The first-order chi connectivity index (χ1) is 10.4. The van der Waals surface area contributed by atoms with Gasteiger partial charge in [0.1, 0.15) is 0 Å². The van der Waals surface area contributed by atoms with E-state index < -0.39 is 0 Å². The minimum Gasteiger partial charge on any atom is -0.444 e. The second-order valence-electron chi connectivity index (χ2n) is 4.57. The average Bonchev–Trinajstić information content (AvgIpc) is 3.08. The van der Waals surface area contributed by atoms with Crippen LogP contribution in [-0.2, 0) is 6.54 Å². The predicted octanol–water partition coefficient (Wildman–Crippen LogP) is 3.83. The summed E-state index contributed by atoms with van der Waals surface area (Å²) in [4.78, 5) is 3.90. The number of hydrogen-bond donors (Lipinski definition) is 1. The highest BCUT2D eigenvalue weighted by molar-refractivity contribution is 5.60. The van der Waals surface area contributed by atoms with Gasteiger partial charge in [-0.15, -0.1) is 0 Å². The van der Waals surface area contributed by atoms with Gasteiger partial charge in [-0.25, -0.2) is 4.98 Å². The van der Waals surface area contributed by atoms with Gasteiger partial charge in [-0.2, -0.15) is 5.26 Å². The zero-order valence-corrected chi connectivity index (χ0v) is 11.3. The fourth-order valence-corrected chi connectivity index (χ4v) is 2.09. The Bertz CT molecular complexity index is 755. The van der Waals surface area contributed by atoms with Crippen LogP contribution in [0.2, 0.25) is 0 Å². The van der Waals surface area contributed by atoms with Gasteiger partial charge in [0.25, 0.3) is 0 Å². The van der Waals surface area contributed by atoms with Gasteiger partial charge >= 0.3 is 0 Å². The molecule has 1 heterocycles. The average molecular weight is 275 g/mol. The van der Waals surface area contributed by atoms with E-state index in [4.69, 9.17) is 9.68 Å². The summed E-state index contributed by atoms with van der Waals surface area (Å²) in [7, 11) is 0. The highest BCUT2D eigenvalue weighted by Gasteiger charge is 2.03. The Balaban J connectivity index is 1.70. The van der Waals surface area contributed by atoms with Crippen LogP contribution >= 0.6 is 0 Å². The molecule has 0 aliphatic rings. The van der Waals surface area contributed by atoms with E-state index in [1.807, 2.05) is 48.5 Å². The first kappa shape index (κ1) is 12.9. The van der Waals surface area contributed by atoms with Crippen molar-refractivity contribution < 1.29 is 4.42 Å². The quantitative estimate of drug-likeness (QED) is 0.786. The lowest BCUT2D eigenvalue weighted by Crippen LogP contribution is -2.01. The van der Waals surface area contributed by atoms with Gasteiger partial charge in [-0.1, -0.05) is 18.2 Å². The Morgan fingerprint density at radius 1 is 1.10 bits per heavy atom. The number of aromatic nitrogens is 1. The van der Waals surface area contributed by atoms with Crippen LogP contribution < -0.4 is 5.32 Å². The predicted molar refractivity (Wildman–Crippen MR) is 80.4 cm³/mol. The fourth-order valence-electron chi connectivity index (χ4n) is 2.09. The molecular weight excluding hydrogens is 262 g/mol. The van der Waals surface area contributed by atoms with Crippen molar-refractivity contribution in [2.45, 2.75) is 6.54 Å². The third-order valence-electron chi connectivity index (χ3n) is 3.22. The Morgan fingerprint density at radius 2 is 1.90 bits per heavy atom. The van der Waals surface area contributed by atoms with E-state index in [9.17, 15) is 0 Å². The molecule has 21 heavy (non-hydrogen) atoms. The van der Waals surface area contributed by atoms with E-state index in [1.165, 1.54) is 6.39 Å². The van der Waals surface area contributed by atoms with Crippen molar-refractivity contribution in [1.29, 1.82) is 5.26 Å². The molecule has 0 unspecified atom stereocenters. The number of hydrogen-bond acceptors (Lipinski definition) is 4. The third kappa shape index (κ3) is 2.93. The number of oxazole rings is 1. The molecule has 1 aromatic heterocycles. The monoisotopic (exact) mass is 275 g/mol. The van der Waals surface area contributed by atoms with Crippen molar-refractivity contribution in [3.05, 3.63) is 72.2 Å². The van der Waals surface area contributed by atoms with E-state index in [1.54, 1.807) is 6.20 Å². The molecule has 4 nitrogen and oxygen atoms in total. The normalized spacial score (nSPS) is 10.0. The van der Waals surface area contributed by atoms with E-state index in [0.29, 0.717) is 12.1 Å². The molecule has 0 saturated heterocycles. The first-order valence-electron chi connectivity index (χ1n) is 6.57. The lowest BCUT2D eigenvalue weighted by molar-refractivity contribution is 0.572. The van der Waals surface area contributed by atoms with Gasteiger partial charge in [0.2, 0.25) is 0 Å². The summed E-state index contributed by atoms with van der Waals surface area (Å²) in [5.74, 6) is 0.747. The van der Waals surface area contributed by atoms with Crippen molar-refractivity contribution in [2.24, 2.45) is 0 Å². The largest absolute Gasteiger partial charge is 0.444 e. The highest BCUT2D eigenvalue weighted by Crippen LogP contribution is 2.21. The summed E-state index contributed by atoms with van der Waals surface area (Å²) >= 11 is 0.